The molecule has 1 fully saturated rings. The van der Waals surface area contributed by atoms with Crippen molar-refractivity contribution in [2.24, 2.45) is 11.8 Å². The summed E-state index contributed by atoms with van der Waals surface area (Å²) < 4.78 is 5.96. The summed E-state index contributed by atoms with van der Waals surface area (Å²) >= 11 is 0. The maximum atomic E-state index is 13.4. The fourth-order valence-corrected chi connectivity index (χ4v) is 4.14. The Hall–Kier alpha value is -2.62. The average molecular weight is 395 g/mol. The van der Waals surface area contributed by atoms with Gasteiger partial charge in [-0.1, -0.05) is 56.2 Å². The largest absolute Gasteiger partial charge is 0.493 e. The number of hydrogen-bond donors (Lipinski definition) is 1. The molecule has 2 unspecified atom stereocenters. The molecule has 3 rings (SSSR count). The second-order valence-corrected chi connectivity index (χ2v) is 8.24. The number of carboxylic acids is 1. The average Bonchev–Trinajstić information content (AvgIpc) is 3.24. The van der Waals surface area contributed by atoms with E-state index in [1.165, 1.54) is 25.7 Å². The number of benzene rings is 2. The molecule has 0 spiro atoms. The van der Waals surface area contributed by atoms with Crippen LogP contribution in [0.25, 0.3) is 0 Å². The van der Waals surface area contributed by atoms with Gasteiger partial charge in [-0.15, -0.1) is 0 Å². The molecule has 0 heterocycles. The highest BCUT2D eigenvalue weighted by Crippen LogP contribution is 2.31. The smallest absolute Gasteiger partial charge is 0.306 e. The van der Waals surface area contributed by atoms with Gasteiger partial charge < -0.3 is 9.84 Å². The maximum absolute atomic E-state index is 13.4. The predicted molar refractivity (Wildman–Crippen MR) is 114 cm³/mol. The van der Waals surface area contributed by atoms with E-state index in [0.29, 0.717) is 23.8 Å². The second kappa shape index (κ2) is 9.73. The van der Waals surface area contributed by atoms with Crippen molar-refractivity contribution in [2.75, 3.05) is 6.61 Å². The highest BCUT2D eigenvalue weighted by atomic mass is 16.5. The Labute approximate surface area is 172 Å². The summed E-state index contributed by atoms with van der Waals surface area (Å²) in [6.07, 6.45) is 5.23. The normalized spacial score (nSPS) is 16.3. The number of hydrogen-bond acceptors (Lipinski definition) is 3. The lowest BCUT2D eigenvalue weighted by Crippen LogP contribution is -2.21. The lowest BCUT2D eigenvalue weighted by Gasteiger charge is -2.21. The van der Waals surface area contributed by atoms with Crippen molar-refractivity contribution in [3.63, 3.8) is 0 Å². The third-order valence-corrected chi connectivity index (χ3v) is 5.97. The summed E-state index contributed by atoms with van der Waals surface area (Å²) in [6.45, 7) is 4.30. The third kappa shape index (κ3) is 5.47. The lowest BCUT2D eigenvalue weighted by atomic mass is 9.82. The van der Waals surface area contributed by atoms with Crippen LogP contribution in [0.3, 0.4) is 0 Å². The summed E-state index contributed by atoms with van der Waals surface area (Å²) in [5, 5.41) is 9.39. The first-order chi connectivity index (χ1) is 14.0. The van der Waals surface area contributed by atoms with Gasteiger partial charge >= 0.3 is 5.97 Å². The Kier molecular flexibility index (Phi) is 7.08. The molecular weight excluding hydrogens is 364 g/mol. The highest BCUT2D eigenvalue weighted by Gasteiger charge is 2.28. The predicted octanol–water partition coefficient (Wildman–Crippen LogP) is 5.64. The van der Waals surface area contributed by atoms with Gasteiger partial charge in [0.25, 0.3) is 0 Å². The van der Waals surface area contributed by atoms with Crippen molar-refractivity contribution in [3.8, 4) is 5.75 Å². The Morgan fingerprint density at radius 3 is 2.52 bits per heavy atom. The molecule has 1 aliphatic carbocycles. The van der Waals surface area contributed by atoms with Crippen LogP contribution >= 0.6 is 0 Å². The van der Waals surface area contributed by atoms with Crippen LogP contribution in [0.4, 0.5) is 0 Å². The Balaban J connectivity index is 1.82. The van der Waals surface area contributed by atoms with E-state index in [2.05, 4.69) is 0 Å². The lowest BCUT2D eigenvalue weighted by molar-refractivity contribution is -0.141. The first-order valence-electron chi connectivity index (χ1n) is 10.5. The molecule has 1 aliphatic rings. The third-order valence-electron chi connectivity index (χ3n) is 5.97. The molecule has 1 N–H and O–H groups in total. The van der Waals surface area contributed by atoms with Gasteiger partial charge in [0, 0.05) is 11.5 Å². The number of aryl methyl sites for hydroxylation is 1. The first-order valence-corrected chi connectivity index (χ1v) is 10.5. The number of carboxylic acid groups (broad SMARTS) is 1. The van der Waals surface area contributed by atoms with Crippen molar-refractivity contribution >= 4 is 11.8 Å². The molecule has 2 aromatic carbocycles. The van der Waals surface area contributed by atoms with E-state index < -0.39 is 17.8 Å². The van der Waals surface area contributed by atoms with Gasteiger partial charge in [-0.3, -0.25) is 9.59 Å². The number of rotatable bonds is 9. The molecule has 0 bridgehead atoms. The van der Waals surface area contributed by atoms with E-state index in [1.54, 1.807) is 19.1 Å². The molecule has 4 heteroatoms. The van der Waals surface area contributed by atoms with Gasteiger partial charge in [0.1, 0.15) is 5.75 Å². The molecule has 4 nitrogen and oxygen atoms in total. The van der Waals surface area contributed by atoms with Crippen LogP contribution in [0, 0.1) is 18.8 Å². The number of aliphatic carboxylic acids is 1. The molecule has 0 saturated heterocycles. The zero-order valence-corrected chi connectivity index (χ0v) is 17.3. The molecule has 0 amide bonds. The van der Waals surface area contributed by atoms with Crippen molar-refractivity contribution in [2.45, 2.75) is 51.9 Å². The summed E-state index contributed by atoms with van der Waals surface area (Å²) in [7, 11) is 0. The van der Waals surface area contributed by atoms with E-state index in [1.807, 2.05) is 43.3 Å². The van der Waals surface area contributed by atoms with Crippen LogP contribution in [0.15, 0.2) is 48.5 Å². The van der Waals surface area contributed by atoms with Gasteiger partial charge in [0.2, 0.25) is 0 Å². The fourth-order valence-electron chi connectivity index (χ4n) is 4.14. The Bertz CT molecular complexity index is 851. The van der Waals surface area contributed by atoms with Crippen LogP contribution in [0.2, 0.25) is 0 Å². The summed E-state index contributed by atoms with van der Waals surface area (Å²) in [4.78, 5) is 24.9. The van der Waals surface area contributed by atoms with E-state index in [9.17, 15) is 14.7 Å². The summed E-state index contributed by atoms with van der Waals surface area (Å²) in [5.41, 5.74) is 2.46. The standard InChI is InChI=1S/C25H30O4/c1-17-8-3-6-13-22(17)23(14-18(2)25(27)28)24(26)20-11-7-12-21(15-20)29-16-19-9-4-5-10-19/h3,6-8,11-13,15,18-19,23H,4-5,9-10,14,16H2,1-2H3,(H,27,28). The number of carbonyl (C=O) groups is 2. The van der Waals surface area contributed by atoms with Crippen LogP contribution in [-0.2, 0) is 4.79 Å². The van der Waals surface area contributed by atoms with E-state index in [4.69, 9.17) is 4.74 Å². The Morgan fingerprint density at radius 1 is 1.10 bits per heavy atom. The first kappa shape index (κ1) is 21.1. The maximum Gasteiger partial charge on any atom is 0.306 e. The fraction of sp³-hybridized carbons (Fsp3) is 0.440. The van der Waals surface area contributed by atoms with Gasteiger partial charge in [-0.25, -0.2) is 0 Å². The SMILES string of the molecule is Cc1ccccc1C(CC(C)C(=O)O)C(=O)c1cccc(OCC2CCCC2)c1. The van der Waals surface area contributed by atoms with Gasteiger partial charge in [0.15, 0.2) is 5.78 Å². The van der Waals surface area contributed by atoms with E-state index in [-0.39, 0.29) is 12.2 Å². The van der Waals surface area contributed by atoms with Crippen LogP contribution in [-0.4, -0.2) is 23.5 Å². The molecule has 0 radical (unpaired) electrons. The molecular formula is C25H30O4. The summed E-state index contributed by atoms with van der Waals surface area (Å²) in [6, 6.07) is 15.0. The molecule has 0 aromatic heterocycles. The van der Waals surface area contributed by atoms with Crippen LogP contribution in [0.5, 0.6) is 5.75 Å². The molecule has 29 heavy (non-hydrogen) atoms. The second-order valence-electron chi connectivity index (χ2n) is 8.24. The van der Waals surface area contributed by atoms with Gasteiger partial charge in [0.05, 0.1) is 12.5 Å². The van der Waals surface area contributed by atoms with Crippen molar-refractivity contribution in [1.82, 2.24) is 0 Å². The molecule has 2 atom stereocenters. The number of ether oxygens (including phenoxy) is 1. The minimum absolute atomic E-state index is 0.0567. The van der Waals surface area contributed by atoms with Gasteiger partial charge in [-0.05, 0) is 55.4 Å². The minimum Gasteiger partial charge on any atom is -0.493 e. The molecule has 0 aliphatic heterocycles. The van der Waals surface area contributed by atoms with Crippen molar-refractivity contribution in [3.05, 3.63) is 65.2 Å². The number of Topliss-reactive ketones (excluding diaryl/α,β-unsaturated/α-hetero) is 1. The zero-order valence-electron chi connectivity index (χ0n) is 17.3. The Morgan fingerprint density at radius 2 is 1.83 bits per heavy atom. The van der Waals surface area contributed by atoms with Crippen molar-refractivity contribution < 1.29 is 19.4 Å². The highest BCUT2D eigenvalue weighted by molar-refractivity contribution is 6.01. The molecule has 1 saturated carbocycles. The molecule has 2 aromatic rings. The van der Waals surface area contributed by atoms with E-state index in [0.717, 1.165) is 11.1 Å². The van der Waals surface area contributed by atoms with Crippen LogP contribution in [0.1, 0.15) is 66.4 Å². The molecule has 154 valence electrons. The van der Waals surface area contributed by atoms with E-state index >= 15 is 0 Å². The topological polar surface area (TPSA) is 63.6 Å². The quantitative estimate of drug-likeness (QED) is 0.559. The summed E-state index contributed by atoms with van der Waals surface area (Å²) in [5.74, 6) is -0.732. The monoisotopic (exact) mass is 394 g/mol. The van der Waals surface area contributed by atoms with Crippen LogP contribution < -0.4 is 4.74 Å². The zero-order chi connectivity index (χ0) is 20.8. The number of ketones is 1. The van der Waals surface area contributed by atoms with Crippen molar-refractivity contribution in [1.29, 1.82) is 0 Å². The van der Waals surface area contributed by atoms with Gasteiger partial charge in [-0.2, -0.15) is 0 Å². The minimum atomic E-state index is -0.884. The number of carbonyl (C=O) groups excluding carboxylic acids is 1.